The summed E-state index contributed by atoms with van der Waals surface area (Å²) in [5, 5.41) is 2.90. The normalized spacial score (nSPS) is 16.1. The van der Waals surface area contributed by atoms with Crippen molar-refractivity contribution in [3.63, 3.8) is 0 Å². The van der Waals surface area contributed by atoms with Gasteiger partial charge in [0.2, 0.25) is 5.95 Å². The standard InChI is InChI=1S/C18H20F3N3O3S/c1-28(25,26)14-4-2-13(3-5-14)15-10-16(18(19,20)21)24-17(23-15)22-11-12-6-8-27-9-7-12/h2-5,10,12H,6-9,11H2,1H3,(H,22,23,24). The SMILES string of the molecule is CS(=O)(=O)c1ccc(-c2cc(C(F)(F)F)nc(NCC3CCOCC3)n2)cc1. The maximum atomic E-state index is 13.3. The van der Waals surface area contributed by atoms with Gasteiger partial charge in [-0.05, 0) is 37.0 Å². The highest BCUT2D eigenvalue weighted by Crippen LogP contribution is 2.31. The van der Waals surface area contributed by atoms with Crippen LogP contribution >= 0.6 is 0 Å². The minimum absolute atomic E-state index is 0.0665. The third-order valence-electron chi connectivity index (χ3n) is 4.48. The molecule has 6 nitrogen and oxygen atoms in total. The lowest BCUT2D eigenvalue weighted by Crippen LogP contribution is -2.23. The van der Waals surface area contributed by atoms with E-state index in [0.29, 0.717) is 25.3 Å². The Hall–Kier alpha value is -2.20. The number of rotatable bonds is 5. The van der Waals surface area contributed by atoms with Crippen molar-refractivity contribution in [2.45, 2.75) is 23.9 Å². The van der Waals surface area contributed by atoms with Gasteiger partial charge < -0.3 is 10.1 Å². The molecule has 0 aliphatic carbocycles. The van der Waals surface area contributed by atoms with Gasteiger partial charge in [-0.3, -0.25) is 0 Å². The second-order valence-corrected chi connectivity index (χ2v) is 8.71. The first-order chi connectivity index (χ1) is 13.1. The van der Waals surface area contributed by atoms with Crippen LogP contribution in [0.25, 0.3) is 11.3 Å². The summed E-state index contributed by atoms with van der Waals surface area (Å²) in [6.07, 6.45) is -1.91. The molecule has 0 radical (unpaired) electrons. The van der Waals surface area contributed by atoms with E-state index in [4.69, 9.17) is 4.74 Å². The molecule has 3 rings (SSSR count). The van der Waals surface area contributed by atoms with Crippen LogP contribution < -0.4 is 5.32 Å². The van der Waals surface area contributed by atoms with Crippen LogP contribution in [0.4, 0.5) is 19.1 Å². The summed E-state index contributed by atoms with van der Waals surface area (Å²) >= 11 is 0. The number of anilines is 1. The van der Waals surface area contributed by atoms with Crippen molar-refractivity contribution in [1.29, 1.82) is 0 Å². The Balaban J connectivity index is 1.89. The number of ether oxygens (including phenoxy) is 1. The highest BCUT2D eigenvalue weighted by Gasteiger charge is 2.34. The molecular weight excluding hydrogens is 395 g/mol. The number of nitrogens with one attached hydrogen (secondary N) is 1. The number of benzene rings is 1. The molecule has 0 atom stereocenters. The van der Waals surface area contributed by atoms with E-state index in [9.17, 15) is 21.6 Å². The zero-order valence-corrected chi connectivity index (χ0v) is 16.0. The molecule has 0 bridgehead atoms. The number of hydrogen-bond acceptors (Lipinski definition) is 6. The Labute approximate surface area is 161 Å². The van der Waals surface area contributed by atoms with E-state index in [2.05, 4.69) is 15.3 Å². The number of halogens is 3. The maximum absolute atomic E-state index is 13.3. The zero-order chi connectivity index (χ0) is 20.4. The van der Waals surface area contributed by atoms with Crippen molar-refractivity contribution in [2.75, 3.05) is 31.3 Å². The molecule has 1 aliphatic heterocycles. The fourth-order valence-corrected chi connectivity index (χ4v) is 3.51. The second-order valence-electron chi connectivity index (χ2n) is 6.69. The molecule has 0 spiro atoms. The monoisotopic (exact) mass is 415 g/mol. The van der Waals surface area contributed by atoms with Crippen LogP contribution in [0.2, 0.25) is 0 Å². The molecule has 1 aromatic heterocycles. The minimum Gasteiger partial charge on any atom is -0.381 e. The van der Waals surface area contributed by atoms with Gasteiger partial charge in [-0.1, -0.05) is 12.1 Å². The van der Waals surface area contributed by atoms with Gasteiger partial charge in [0.15, 0.2) is 15.5 Å². The Morgan fingerprint density at radius 1 is 1.14 bits per heavy atom. The van der Waals surface area contributed by atoms with E-state index >= 15 is 0 Å². The van der Waals surface area contributed by atoms with Gasteiger partial charge in [0, 0.05) is 31.6 Å². The van der Waals surface area contributed by atoms with Gasteiger partial charge >= 0.3 is 6.18 Å². The molecule has 2 heterocycles. The minimum atomic E-state index is -4.63. The first-order valence-electron chi connectivity index (χ1n) is 8.71. The van der Waals surface area contributed by atoms with Crippen molar-refractivity contribution in [3.8, 4) is 11.3 Å². The molecule has 0 amide bonds. The lowest BCUT2D eigenvalue weighted by Gasteiger charge is -2.22. The fourth-order valence-electron chi connectivity index (χ4n) is 2.88. The van der Waals surface area contributed by atoms with E-state index in [1.807, 2.05) is 0 Å². The predicted octanol–water partition coefficient (Wildman–Crippen LogP) is 3.40. The van der Waals surface area contributed by atoms with Crippen LogP contribution in [0.5, 0.6) is 0 Å². The Morgan fingerprint density at radius 2 is 1.79 bits per heavy atom. The van der Waals surface area contributed by atoms with Gasteiger partial charge in [-0.2, -0.15) is 13.2 Å². The lowest BCUT2D eigenvalue weighted by molar-refractivity contribution is -0.141. The van der Waals surface area contributed by atoms with Crippen LogP contribution in [0.1, 0.15) is 18.5 Å². The van der Waals surface area contributed by atoms with Crippen molar-refractivity contribution in [1.82, 2.24) is 9.97 Å². The smallest absolute Gasteiger partial charge is 0.381 e. The molecule has 2 aromatic rings. The molecule has 28 heavy (non-hydrogen) atoms. The van der Waals surface area contributed by atoms with Crippen LogP contribution in [-0.2, 0) is 20.8 Å². The summed E-state index contributed by atoms with van der Waals surface area (Å²) < 4.78 is 68.2. The first kappa shape index (κ1) is 20.5. The highest BCUT2D eigenvalue weighted by molar-refractivity contribution is 7.90. The number of aromatic nitrogens is 2. The van der Waals surface area contributed by atoms with Crippen LogP contribution in [0, 0.1) is 5.92 Å². The molecule has 0 unspecified atom stereocenters. The van der Waals surface area contributed by atoms with E-state index in [0.717, 1.165) is 25.2 Å². The van der Waals surface area contributed by atoms with Gasteiger partial charge in [0.25, 0.3) is 0 Å². The quantitative estimate of drug-likeness (QED) is 0.806. The van der Waals surface area contributed by atoms with Gasteiger partial charge in [-0.25, -0.2) is 18.4 Å². The third-order valence-corrected chi connectivity index (χ3v) is 5.61. The number of sulfone groups is 1. The second kappa shape index (κ2) is 8.04. The molecular formula is C18H20F3N3O3S. The molecule has 1 aromatic carbocycles. The number of hydrogen-bond donors (Lipinski definition) is 1. The van der Waals surface area contributed by atoms with Crippen molar-refractivity contribution in [3.05, 3.63) is 36.0 Å². The van der Waals surface area contributed by atoms with Crippen molar-refractivity contribution >= 4 is 15.8 Å². The number of nitrogens with zero attached hydrogens (tertiary/aromatic N) is 2. The Bertz CT molecular complexity index is 925. The van der Waals surface area contributed by atoms with E-state index in [-0.39, 0.29) is 22.5 Å². The summed E-state index contributed by atoms with van der Waals surface area (Å²) in [7, 11) is -3.40. The molecule has 1 N–H and O–H groups in total. The van der Waals surface area contributed by atoms with Crippen LogP contribution in [0.3, 0.4) is 0 Å². The van der Waals surface area contributed by atoms with Gasteiger partial charge in [0.05, 0.1) is 10.6 Å². The first-order valence-corrected chi connectivity index (χ1v) is 10.6. The predicted molar refractivity (Wildman–Crippen MR) is 97.6 cm³/mol. The lowest BCUT2D eigenvalue weighted by atomic mass is 10.0. The molecule has 1 fully saturated rings. The summed E-state index contributed by atoms with van der Waals surface area (Å²) in [5.41, 5.74) is -0.620. The van der Waals surface area contributed by atoms with Crippen LogP contribution in [-0.4, -0.2) is 44.4 Å². The zero-order valence-electron chi connectivity index (χ0n) is 15.2. The van der Waals surface area contributed by atoms with Crippen LogP contribution in [0.15, 0.2) is 35.2 Å². The molecule has 1 aliphatic rings. The van der Waals surface area contributed by atoms with Crippen molar-refractivity contribution in [2.24, 2.45) is 5.92 Å². The Kier molecular flexibility index (Phi) is 5.90. The van der Waals surface area contributed by atoms with Crippen molar-refractivity contribution < 1.29 is 26.3 Å². The summed E-state index contributed by atoms with van der Waals surface area (Å²) in [4.78, 5) is 7.87. The fraction of sp³-hybridized carbons (Fsp3) is 0.444. The van der Waals surface area contributed by atoms with Gasteiger partial charge in [-0.15, -0.1) is 0 Å². The largest absolute Gasteiger partial charge is 0.433 e. The number of alkyl halides is 3. The Morgan fingerprint density at radius 3 is 2.36 bits per heavy atom. The third kappa shape index (κ3) is 5.20. The van der Waals surface area contributed by atoms with E-state index in [1.54, 1.807) is 0 Å². The summed E-state index contributed by atoms with van der Waals surface area (Å²) in [5.74, 6) is 0.174. The molecule has 152 valence electrons. The average Bonchev–Trinajstić information content (AvgIpc) is 2.66. The molecule has 10 heteroatoms. The maximum Gasteiger partial charge on any atom is 0.433 e. The topological polar surface area (TPSA) is 81.2 Å². The van der Waals surface area contributed by atoms with E-state index in [1.165, 1.54) is 24.3 Å². The average molecular weight is 415 g/mol. The summed E-state index contributed by atoms with van der Waals surface area (Å²) in [6, 6.07) is 6.40. The molecule has 0 saturated carbocycles. The molecule has 1 saturated heterocycles. The highest BCUT2D eigenvalue weighted by atomic mass is 32.2. The summed E-state index contributed by atoms with van der Waals surface area (Å²) in [6.45, 7) is 1.72. The van der Waals surface area contributed by atoms with Gasteiger partial charge in [0.1, 0.15) is 0 Å². The van der Waals surface area contributed by atoms with E-state index < -0.39 is 21.7 Å².